The number of nitrogens with two attached hydrogens (primary N) is 1. The second-order valence-corrected chi connectivity index (χ2v) is 4.31. The molecule has 0 radical (unpaired) electrons. The number of hydrogen-bond donors (Lipinski definition) is 2. The maximum atomic E-state index is 11.9. The van der Waals surface area contributed by atoms with Crippen molar-refractivity contribution in [1.82, 2.24) is 10.2 Å². The molecule has 17 heavy (non-hydrogen) atoms. The molecule has 0 bridgehead atoms. The molecular weight excluding hydrogens is 261 g/mol. The number of halogens is 2. The molecule has 1 heterocycles. The molecule has 0 atom stereocenters. The first-order valence-electron chi connectivity index (χ1n) is 4.84. The van der Waals surface area contributed by atoms with E-state index in [-0.39, 0.29) is 18.0 Å². The summed E-state index contributed by atoms with van der Waals surface area (Å²) in [5.41, 5.74) is 6.51. The number of nitrogen functional groups attached to an aromatic ring is 1. The first kappa shape index (κ1) is 12.0. The van der Waals surface area contributed by atoms with Crippen LogP contribution < -0.4 is 5.73 Å². The molecule has 1 aromatic heterocycles. The molecule has 3 N–H and O–H groups in total. The lowest BCUT2D eigenvalue weighted by Crippen LogP contribution is -2.06. The number of rotatable bonds is 3. The monoisotopic (exact) mass is 269 g/mol. The van der Waals surface area contributed by atoms with Crippen LogP contribution in [0.15, 0.2) is 24.4 Å². The van der Waals surface area contributed by atoms with Crippen molar-refractivity contribution in [2.75, 3.05) is 5.73 Å². The fourth-order valence-electron chi connectivity index (χ4n) is 1.48. The summed E-state index contributed by atoms with van der Waals surface area (Å²) in [5.74, 6) is 0.0735. The Morgan fingerprint density at radius 2 is 2.00 bits per heavy atom. The van der Waals surface area contributed by atoms with E-state index < -0.39 is 0 Å². The minimum Gasteiger partial charge on any atom is -0.383 e. The number of Topliss-reactive ketones (excluding diaryl/α,β-unsaturated/α-hetero) is 1. The average Bonchev–Trinajstić information content (AvgIpc) is 2.70. The smallest absolute Gasteiger partial charge is 0.172 e. The fourth-order valence-corrected chi connectivity index (χ4v) is 2.01. The van der Waals surface area contributed by atoms with Crippen LogP contribution >= 0.6 is 23.2 Å². The van der Waals surface area contributed by atoms with Crippen LogP contribution in [-0.2, 0) is 6.42 Å². The van der Waals surface area contributed by atoms with Crippen LogP contribution in [0.5, 0.6) is 0 Å². The first-order valence-corrected chi connectivity index (χ1v) is 5.60. The normalized spacial score (nSPS) is 10.5. The van der Waals surface area contributed by atoms with Crippen LogP contribution in [0.25, 0.3) is 0 Å². The average molecular weight is 270 g/mol. The number of H-pyrrole nitrogens is 1. The molecule has 0 aliphatic heterocycles. The SMILES string of the molecule is Nc1[nH]ncc1C(=O)Cc1c(Cl)cccc1Cl. The zero-order chi connectivity index (χ0) is 12.4. The lowest BCUT2D eigenvalue weighted by molar-refractivity contribution is 0.0994. The van der Waals surface area contributed by atoms with Crippen molar-refractivity contribution in [3.8, 4) is 0 Å². The zero-order valence-corrected chi connectivity index (χ0v) is 10.2. The molecule has 2 rings (SSSR count). The number of carbonyl (C=O) groups excluding carboxylic acids is 1. The van der Waals surface area contributed by atoms with E-state index in [1.807, 2.05) is 0 Å². The highest BCUT2D eigenvalue weighted by molar-refractivity contribution is 6.36. The van der Waals surface area contributed by atoms with Gasteiger partial charge in [0.25, 0.3) is 0 Å². The van der Waals surface area contributed by atoms with E-state index >= 15 is 0 Å². The predicted octanol–water partition coefficient (Wildman–Crippen LogP) is 2.72. The number of nitrogens with zero attached hydrogens (tertiary/aromatic N) is 1. The number of anilines is 1. The van der Waals surface area contributed by atoms with E-state index in [4.69, 9.17) is 28.9 Å². The maximum absolute atomic E-state index is 11.9. The van der Waals surface area contributed by atoms with Gasteiger partial charge in [-0.1, -0.05) is 29.3 Å². The van der Waals surface area contributed by atoms with Gasteiger partial charge in [-0.15, -0.1) is 0 Å². The molecule has 0 saturated carbocycles. The van der Waals surface area contributed by atoms with E-state index in [2.05, 4.69) is 10.2 Å². The van der Waals surface area contributed by atoms with Crippen LogP contribution in [0, 0.1) is 0 Å². The van der Waals surface area contributed by atoms with E-state index in [1.165, 1.54) is 6.20 Å². The number of nitrogens with one attached hydrogen (secondary N) is 1. The van der Waals surface area contributed by atoms with Gasteiger partial charge < -0.3 is 5.73 Å². The van der Waals surface area contributed by atoms with Crippen molar-refractivity contribution in [2.45, 2.75) is 6.42 Å². The van der Waals surface area contributed by atoms with Gasteiger partial charge in [-0.05, 0) is 17.7 Å². The van der Waals surface area contributed by atoms with Crippen molar-refractivity contribution >= 4 is 34.8 Å². The number of ketones is 1. The zero-order valence-electron chi connectivity index (χ0n) is 8.71. The Hall–Kier alpha value is -1.52. The summed E-state index contributed by atoms with van der Waals surface area (Å²) in [6.45, 7) is 0. The molecular formula is C11H9Cl2N3O. The molecule has 6 heteroatoms. The number of aromatic nitrogens is 2. The van der Waals surface area contributed by atoms with Gasteiger partial charge in [-0.25, -0.2) is 0 Å². The summed E-state index contributed by atoms with van der Waals surface area (Å²) >= 11 is 12.0. The van der Waals surface area contributed by atoms with Gasteiger partial charge in [0.2, 0.25) is 0 Å². The number of benzene rings is 1. The molecule has 0 saturated heterocycles. The molecule has 0 fully saturated rings. The Balaban J connectivity index is 2.28. The fraction of sp³-hybridized carbons (Fsp3) is 0.0909. The van der Waals surface area contributed by atoms with Crippen molar-refractivity contribution < 1.29 is 4.79 Å². The highest BCUT2D eigenvalue weighted by Crippen LogP contribution is 2.26. The third-order valence-electron chi connectivity index (χ3n) is 2.37. The largest absolute Gasteiger partial charge is 0.383 e. The molecule has 0 unspecified atom stereocenters. The lowest BCUT2D eigenvalue weighted by Gasteiger charge is -2.05. The number of hydrogen-bond acceptors (Lipinski definition) is 3. The van der Waals surface area contributed by atoms with Gasteiger partial charge >= 0.3 is 0 Å². The van der Waals surface area contributed by atoms with E-state index in [0.717, 1.165) is 0 Å². The second-order valence-electron chi connectivity index (χ2n) is 3.50. The Morgan fingerprint density at radius 1 is 1.35 bits per heavy atom. The van der Waals surface area contributed by atoms with Gasteiger partial charge in [0, 0.05) is 16.5 Å². The molecule has 2 aromatic rings. The van der Waals surface area contributed by atoms with Gasteiger partial charge in [0.1, 0.15) is 5.82 Å². The van der Waals surface area contributed by atoms with Gasteiger partial charge in [-0.3, -0.25) is 9.89 Å². The summed E-state index contributed by atoms with van der Waals surface area (Å²) in [7, 11) is 0. The minimum absolute atomic E-state index is 0.0994. The summed E-state index contributed by atoms with van der Waals surface area (Å²) in [5, 5.41) is 7.13. The van der Waals surface area contributed by atoms with Crippen LogP contribution in [0.4, 0.5) is 5.82 Å². The molecule has 0 aliphatic rings. The van der Waals surface area contributed by atoms with Crippen LogP contribution in [0.1, 0.15) is 15.9 Å². The Morgan fingerprint density at radius 3 is 2.53 bits per heavy atom. The van der Waals surface area contributed by atoms with Gasteiger partial charge in [0.15, 0.2) is 5.78 Å². The number of carbonyl (C=O) groups is 1. The van der Waals surface area contributed by atoms with Gasteiger partial charge in [-0.2, -0.15) is 5.10 Å². The molecule has 88 valence electrons. The molecule has 4 nitrogen and oxygen atoms in total. The first-order chi connectivity index (χ1) is 8.09. The molecule has 1 aromatic carbocycles. The quantitative estimate of drug-likeness (QED) is 0.842. The van der Waals surface area contributed by atoms with Gasteiger partial charge in [0.05, 0.1) is 11.8 Å². The Bertz CT molecular complexity index is 545. The predicted molar refractivity (Wildman–Crippen MR) is 67.5 cm³/mol. The molecule has 0 aliphatic carbocycles. The third kappa shape index (κ3) is 2.43. The maximum Gasteiger partial charge on any atom is 0.172 e. The van der Waals surface area contributed by atoms with Crippen LogP contribution in [-0.4, -0.2) is 16.0 Å². The minimum atomic E-state index is -0.175. The van der Waals surface area contributed by atoms with E-state index in [9.17, 15) is 4.79 Å². The standard InChI is InChI=1S/C11H9Cl2N3O/c12-8-2-1-3-9(13)6(8)4-10(17)7-5-15-16-11(7)14/h1-3,5H,4H2,(H3,14,15,16). The molecule has 0 amide bonds. The second kappa shape index (κ2) is 4.77. The van der Waals surface area contributed by atoms with E-state index in [1.54, 1.807) is 18.2 Å². The topological polar surface area (TPSA) is 71.8 Å². The summed E-state index contributed by atoms with van der Waals surface area (Å²) in [6.07, 6.45) is 1.49. The third-order valence-corrected chi connectivity index (χ3v) is 3.08. The summed E-state index contributed by atoms with van der Waals surface area (Å²) < 4.78 is 0. The molecule has 0 spiro atoms. The Labute approximate surface area is 108 Å². The van der Waals surface area contributed by atoms with Crippen molar-refractivity contribution in [3.05, 3.63) is 45.6 Å². The Kier molecular flexibility index (Phi) is 3.36. The van der Waals surface area contributed by atoms with E-state index in [0.29, 0.717) is 21.2 Å². The van der Waals surface area contributed by atoms with Crippen molar-refractivity contribution in [3.63, 3.8) is 0 Å². The summed E-state index contributed by atoms with van der Waals surface area (Å²) in [4.78, 5) is 11.9. The van der Waals surface area contributed by atoms with Crippen LogP contribution in [0.2, 0.25) is 10.0 Å². The highest BCUT2D eigenvalue weighted by atomic mass is 35.5. The number of aromatic amines is 1. The summed E-state index contributed by atoms with van der Waals surface area (Å²) in [6, 6.07) is 5.11. The van der Waals surface area contributed by atoms with Crippen molar-refractivity contribution in [1.29, 1.82) is 0 Å². The lowest BCUT2D eigenvalue weighted by atomic mass is 10.0. The van der Waals surface area contributed by atoms with Crippen molar-refractivity contribution in [2.24, 2.45) is 0 Å². The van der Waals surface area contributed by atoms with Crippen LogP contribution in [0.3, 0.4) is 0 Å². The highest BCUT2D eigenvalue weighted by Gasteiger charge is 2.15.